The highest BCUT2D eigenvalue weighted by molar-refractivity contribution is 6.31. The fourth-order valence-corrected chi connectivity index (χ4v) is 2.80. The third kappa shape index (κ3) is 4.13. The molecule has 2 amide bonds. The summed E-state index contributed by atoms with van der Waals surface area (Å²) in [6.45, 7) is 3.12. The van der Waals surface area contributed by atoms with Gasteiger partial charge < -0.3 is 15.3 Å². The molecule has 1 fully saturated rings. The first-order valence-electron chi connectivity index (χ1n) is 7.58. The smallest absolute Gasteiger partial charge is 0.229 e. The van der Waals surface area contributed by atoms with Gasteiger partial charge in [-0.05, 0) is 37.5 Å². The van der Waals surface area contributed by atoms with Gasteiger partial charge in [-0.3, -0.25) is 9.59 Å². The number of aromatic hydroxyl groups is 1. The Morgan fingerprint density at radius 2 is 2.23 bits per heavy atom. The summed E-state index contributed by atoms with van der Waals surface area (Å²) in [7, 11) is 0. The van der Waals surface area contributed by atoms with E-state index in [-0.39, 0.29) is 23.5 Å². The summed E-state index contributed by atoms with van der Waals surface area (Å²) in [5, 5.41) is 12.9. The van der Waals surface area contributed by atoms with Gasteiger partial charge in [-0.15, -0.1) is 0 Å². The van der Waals surface area contributed by atoms with Crippen LogP contribution in [-0.2, 0) is 9.59 Å². The molecule has 0 spiro atoms. The molecule has 5 nitrogen and oxygen atoms in total. The van der Waals surface area contributed by atoms with Crippen molar-refractivity contribution in [1.82, 2.24) is 4.90 Å². The van der Waals surface area contributed by atoms with Crippen molar-refractivity contribution in [2.24, 2.45) is 5.92 Å². The first-order chi connectivity index (χ1) is 10.5. The van der Waals surface area contributed by atoms with Crippen LogP contribution >= 0.6 is 11.6 Å². The summed E-state index contributed by atoms with van der Waals surface area (Å²) in [6, 6.07) is 4.51. The van der Waals surface area contributed by atoms with Gasteiger partial charge in [0.2, 0.25) is 11.8 Å². The molecule has 2 rings (SSSR count). The maximum Gasteiger partial charge on any atom is 0.229 e. The van der Waals surface area contributed by atoms with Gasteiger partial charge in [0.25, 0.3) is 0 Å². The predicted octanol–water partition coefficient (Wildman–Crippen LogP) is 3.02. The van der Waals surface area contributed by atoms with Crippen LogP contribution in [-0.4, -0.2) is 34.9 Å². The molecule has 2 N–H and O–H groups in total. The molecule has 1 aromatic rings. The number of amides is 2. The van der Waals surface area contributed by atoms with E-state index in [0.29, 0.717) is 30.2 Å². The average molecular weight is 325 g/mol. The van der Waals surface area contributed by atoms with Gasteiger partial charge in [0.1, 0.15) is 5.75 Å². The lowest BCUT2D eigenvalue weighted by Gasteiger charge is -2.32. The van der Waals surface area contributed by atoms with Crippen molar-refractivity contribution in [3.63, 3.8) is 0 Å². The van der Waals surface area contributed by atoms with Gasteiger partial charge >= 0.3 is 0 Å². The lowest BCUT2D eigenvalue weighted by Crippen LogP contribution is -2.43. The van der Waals surface area contributed by atoms with E-state index in [1.807, 2.05) is 6.92 Å². The summed E-state index contributed by atoms with van der Waals surface area (Å²) in [6.07, 6.45) is 2.88. The average Bonchev–Trinajstić information content (AvgIpc) is 2.51. The molecule has 0 saturated carbocycles. The van der Waals surface area contributed by atoms with Crippen molar-refractivity contribution in [1.29, 1.82) is 0 Å². The Kier molecular flexibility index (Phi) is 5.66. The lowest BCUT2D eigenvalue weighted by atomic mass is 9.96. The van der Waals surface area contributed by atoms with Gasteiger partial charge in [-0.1, -0.05) is 18.5 Å². The van der Waals surface area contributed by atoms with Gasteiger partial charge in [0, 0.05) is 24.5 Å². The fourth-order valence-electron chi connectivity index (χ4n) is 2.63. The summed E-state index contributed by atoms with van der Waals surface area (Å²) in [5.41, 5.74) is 0.300. The summed E-state index contributed by atoms with van der Waals surface area (Å²) in [5.74, 6) is -0.363. The summed E-state index contributed by atoms with van der Waals surface area (Å²) >= 11 is 5.87. The third-order valence-corrected chi connectivity index (χ3v) is 4.06. The topological polar surface area (TPSA) is 69.6 Å². The molecule has 6 heteroatoms. The highest BCUT2D eigenvalue weighted by Crippen LogP contribution is 2.28. The second-order valence-electron chi connectivity index (χ2n) is 5.58. The SMILES string of the molecule is CCCC(=O)N1CCC[C@@H](C(=O)Nc2cc(Cl)ccc2O)C1. The number of carbonyl (C=O) groups is 2. The Labute approximate surface area is 135 Å². The number of phenolic OH excluding ortho intramolecular Hbond substituents is 1. The molecule has 0 radical (unpaired) electrons. The number of piperidine rings is 1. The van der Waals surface area contributed by atoms with E-state index in [9.17, 15) is 14.7 Å². The molecule has 0 bridgehead atoms. The Bertz CT molecular complexity index is 562. The monoisotopic (exact) mass is 324 g/mol. The van der Waals surface area contributed by atoms with Crippen LogP contribution in [0.2, 0.25) is 5.02 Å². The van der Waals surface area contributed by atoms with Gasteiger partial charge in [-0.2, -0.15) is 0 Å². The molecule has 1 saturated heterocycles. The molecule has 1 aliphatic rings. The zero-order chi connectivity index (χ0) is 16.1. The Hall–Kier alpha value is -1.75. The van der Waals surface area contributed by atoms with Crippen LogP contribution in [0.1, 0.15) is 32.6 Å². The molecule has 1 aliphatic heterocycles. The molecule has 120 valence electrons. The normalized spacial score (nSPS) is 18.1. The molecule has 22 heavy (non-hydrogen) atoms. The first-order valence-corrected chi connectivity index (χ1v) is 7.96. The van der Waals surface area contributed by atoms with E-state index in [1.54, 1.807) is 11.0 Å². The highest BCUT2D eigenvalue weighted by Gasteiger charge is 2.28. The molecule has 1 aromatic carbocycles. The number of anilines is 1. The minimum absolute atomic E-state index is 0.0209. The van der Waals surface area contributed by atoms with Crippen LogP contribution in [0.15, 0.2) is 18.2 Å². The number of phenols is 1. The van der Waals surface area contributed by atoms with Crippen LogP contribution < -0.4 is 5.32 Å². The first kappa shape index (κ1) is 16.6. The third-order valence-electron chi connectivity index (χ3n) is 3.83. The van der Waals surface area contributed by atoms with Crippen molar-refractivity contribution in [3.05, 3.63) is 23.2 Å². The Morgan fingerprint density at radius 1 is 1.45 bits per heavy atom. The van der Waals surface area contributed by atoms with Crippen LogP contribution in [0.4, 0.5) is 5.69 Å². The van der Waals surface area contributed by atoms with Crippen molar-refractivity contribution >= 4 is 29.1 Å². The van der Waals surface area contributed by atoms with Crippen LogP contribution in [0, 0.1) is 5.92 Å². The van der Waals surface area contributed by atoms with Crippen molar-refractivity contribution in [3.8, 4) is 5.75 Å². The number of likely N-dealkylation sites (tertiary alicyclic amines) is 1. The molecule has 1 heterocycles. The molecule has 1 atom stereocenters. The second-order valence-corrected chi connectivity index (χ2v) is 6.02. The number of rotatable bonds is 4. The molecule has 0 unspecified atom stereocenters. The number of carbonyl (C=O) groups excluding carboxylic acids is 2. The van der Waals surface area contributed by atoms with Crippen molar-refractivity contribution in [2.75, 3.05) is 18.4 Å². The van der Waals surface area contributed by atoms with E-state index < -0.39 is 0 Å². The minimum Gasteiger partial charge on any atom is -0.506 e. The standard InChI is InChI=1S/C16H21ClN2O3/c1-2-4-15(21)19-8-3-5-11(10-19)16(22)18-13-9-12(17)6-7-14(13)20/h6-7,9,11,20H,2-5,8,10H2,1H3,(H,18,22)/t11-/m1/s1. The largest absolute Gasteiger partial charge is 0.506 e. The van der Waals surface area contributed by atoms with E-state index >= 15 is 0 Å². The minimum atomic E-state index is -0.257. The Morgan fingerprint density at radius 3 is 2.95 bits per heavy atom. The molecule has 0 aromatic heterocycles. The van der Waals surface area contributed by atoms with E-state index in [4.69, 9.17) is 11.6 Å². The molecule has 0 aliphatic carbocycles. The van der Waals surface area contributed by atoms with Gasteiger partial charge in [0.05, 0.1) is 11.6 Å². The van der Waals surface area contributed by atoms with Crippen LogP contribution in [0.25, 0.3) is 0 Å². The van der Waals surface area contributed by atoms with Gasteiger partial charge in [0.15, 0.2) is 0 Å². The molecular formula is C16H21ClN2O3. The quantitative estimate of drug-likeness (QED) is 0.836. The number of hydrogen-bond acceptors (Lipinski definition) is 3. The lowest BCUT2D eigenvalue weighted by molar-refractivity contribution is -0.134. The number of halogens is 1. The van der Waals surface area contributed by atoms with E-state index in [1.165, 1.54) is 12.1 Å². The zero-order valence-electron chi connectivity index (χ0n) is 12.6. The number of nitrogens with zero attached hydrogens (tertiary/aromatic N) is 1. The van der Waals surface area contributed by atoms with Gasteiger partial charge in [-0.25, -0.2) is 0 Å². The highest BCUT2D eigenvalue weighted by atomic mass is 35.5. The van der Waals surface area contributed by atoms with Crippen LogP contribution in [0.5, 0.6) is 5.75 Å². The number of nitrogens with one attached hydrogen (secondary N) is 1. The Balaban J connectivity index is 2.00. The van der Waals surface area contributed by atoms with Crippen LogP contribution in [0.3, 0.4) is 0 Å². The maximum atomic E-state index is 12.4. The van der Waals surface area contributed by atoms with Crippen molar-refractivity contribution < 1.29 is 14.7 Å². The fraction of sp³-hybridized carbons (Fsp3) is 0.500. The van der Waals surface area contributed by atoms with E-state index in [0.717, 1.165) is 19.3 Å². The number of benzene rings is 1. The van der Waals surface area contributed by atoms with E-state index in [2.05, 4.69) is 5.32 Å². The predicted molar refractivity (Wildman–Crippen MR) is 86.0 cm³/mol. The van der Waals surface area contributed by atoms with Crippen molar-refractivity contribution in [2.45, 2.75) is 32.6 Å². The number of hydrogen-bond donors (Lipinski definition) is 2. The molecular weight excluding hydrogens is 304 g/mol. The second kappa shape index (κ2) is 7.49. The zero-order valence-corrected chi connectivity index (χ0v) is 13.4. The summed E-state index contributed by atoms with van der Waals surface area (Å²) < 4.78 is 0. The maximum absolute atomic E-state index is 12.4. The summed E-state index contributed by atoms with van der Waals surface area (Å²) in [4.78, 5) is 26.1.